The van der Waals surface area contributed by atoms with Crippen molar-refractivity contribution in [1.29, 1.82) is 0 Å². The highest BCUT2D eigenvalue weighted by molar-refractivity contribution is 7.92. The maximum absolute atomic E-state index is 13.1. The van der Waals surface area contributed by atoms with Gasteiger partial charge in [0.2, 0.25) is 15.9 Å². The van der Waals surface area contributed by atoms with Crippen molar-refractivity contribution in [1.82, 2.24) is 0 Å². The maximum Gasteiger partial charge on any atom is 0.232 e. The van der Waals surface area contributed by atoms with Crippen molar-refractivity contribution in [3.8, 4) is 0 Å². The van der Waals surface area contributed by atoms with E-state index in [0.717, 1.165) is 28.3 Å². The molecule has 2 aromatic rings. The average Bonchev–Trinajstić information content (AvgIpc) is 2.50. The van der Waals surface area contributed by atoms with E-state index in [1.54, 1.807) is 18.2 Å². The van der Waals surface area contributed by atoms with Crippen LogP contribution in [0.2, 0.25) is 0 Å². The van der Waals surface area contributed by atoms with Gasteiger partial charge in [0.15, 0.2) is 11.6 Å². The number of sulfonamides is 1. The highest BCUT2D eigenvalue weighted by atomic mass is 32.2. The summed E-state index contributed by atoms with van der Waals surface area (Å²) < 4.78 is 51.2. The third kappa shape index (κ3) is 5.25. The third-order valence-corrected chi connectivity index (χ3v) is 4.63. The zero-order valence-corrected chi connectivity index (χ0v) is 14.6. The van der Waals surface area contributed by atoms with E-state index in [1.807, 2.05) is 13.0 Å². The number of hydrogen-bond donors (Lipinski definition) is 1. The normalized spacial score (nSPS) is 11.2. The number of amides is 1. The maximum atomic E-state index is 13.1. The van der Waals surface area contributed by atoms with Gasteiger partial charge >= 0.3 is 0 Å². The summed E-state index contributed by atoms with van der Waals surface area (Å²) in [6, 6.07) is 9.90. The summed E-state index contributed by atoms with van der Waals surface area (Å²) in [4.78, 5) is 12.0. The van der Waals surface area contributed by atoms with Crippen LogP contribution >= 0.6 is 0 Å². The molecule has 0 saturated carbocycles. The van der Waals surface area contributed by atoms with Crippen LogP contribution in [-0.4, -0.2) is 27.1 Å². The van der Waals surface area contributed by atoms with E-state index in [4.69, 9.17) is 0 Å². The monoisotopic (exact) mass is 368 g/mol. The number of rotatable bonds is 6. The Labute approximate surface area is 145 Å². The van der Waals surface area contributed by atoms with Crippen LogP contribution in [0.3, 0.4) is 0 Å². The molecule has 2 aromatic carbocycles. The van der Waals surface area contributed by atoms with Gasteiger partial charge in [-0.15, -0.1) is 0 Å². The number of halogens is 2. The first kappa shape index (κ1) is 18.9. The minimum Gasteiger partial charge on any atom is -0.326 e. The third-order valence-electron chi connectivity index (χ3n) is 3.44. The Morgan fingerprint density at radius 2 is 1.84 bits per heavy atom. The highest BCUT2D eigenvalue weighted by Gasteiger charge is 2.19. The topological polar surface area (TPSA) is 66.5 Å². The van der Waals surface area contributed by atoms with Crippen LogP contribution in [-0.2, 0) is 14.8 Å². The molecular weight excluding hydrogens is 350 g/mol. The number of nitrogens with one attached hydrogen (secondary N) is 1. The van der Waals surface area contributed by atoms with E-state index in [2.05, 4.69) is 5.32 Å². The van der Waals surface area contributed by atoms with E-state index >= 15 is 0 Å². The second-order valence-corrected chi connectivity index (χ2v) is 7.51. The van der Waals surface area contributed by atoms with Crippen LogP contribution in [0.1, 0.15) is 12.0 Å². The summed E-state index contributed by atoms with van der Waals surface area (Å²) in [5.41, 5.74) is 1.45. The summed E-state index contributed by atoms with van der Waals surface area (Å²) in [5, 5.41) is 2.41. The Morgan fingerprint density at radius 1 is 1.12 bits per heavy atom. The Morgan fingerprint density at radius 3 is 2.44 bits per heavy atom. The molecule has 134 valence electrons. The SMILES string of the molecule is Cc1cccc(N(CCC(=O)Nc2ccc(F)c(F)c2)S(C)(=O)=O)c1. The Hall–Kier alpha value is -2.48. The number of aryl methyl sites for hydroxylation is 1. The number of carbonyl (C=O) groups is 1. The van der Waals surface area contributed by atoms with Gasteiger partial charge in [0, 0.05) is 24.7 Å². The first-order valence-corrected chi connectivity index (χ1v) is 9.31. The van der Waals surface area contributed by atoms with E-state index in [-0.39, 0.29) is 18.7 Å². The quantitative estimate of drug-likeness (QED) is 0.852. The smallest absolute Gasteiger partial charge is 0.232 e. The molecule has 0 aliphatic carbocycles. The van der Waals surface area contributed by atoms with Gasteiger partial charge in [-0.05, 0) is 36.8 Å². The van der Waals surface area contributed by atoms with Crippen molar-refractivity contribution in [3.05, 3.63) is 59.7 Å². The van der Waals surface area contributed by atoms with Crippen molar-refractivity contribution >= 4 is 27.3 Å². The fourth-order valence-electron chi connectivity index (χ4n) is 2.27. The molecule has 0 atom stereocenters. The largest absolute Gasteiger partial charge is 0.326 e. The molecule has 0 aliphatic heterocycles. The fraction of sp³-hybridized carbons (Fsp3) is 0.235. The number of nitrogens with zero attached hydrogens (tertiary/aromatic N) is 1. The predicted octanol–water partition coefficient (Wildman–Crippen LogP) is 3.07. The fourth-order valence-corrected chi connectivity index (χ4v) is 3.19. The van der Waals surface area contributed by atoms with Gasteiger partial charge in [0.05, 0.1) is 11.9 Å². The zero-order valence-electron chi connectivity index (χ0n) is 13.8. The molecule has 0 saturated heterocycles. The van der Waals surface area contributed by atoms with Crippen LogP contribution < -0.4 is 9.62 Å². The lowest BCUT2D eigenvalue weighted by atomic mass is 10.2. The highest BCUT2D eigenvalue weighted by Crippen LogP contribution is 2.19. The molecule has 0 heterocycles. The molecule has 0 aromatic heterocycles. The molecule has 0 bridgehead atoms. The predicted molar refractivity (Wildman–Crippen MR) is 93.0 cm³/mol. The Kier molecular flexibility index (Phi) is 5.73. The molecule has 1 amide bonds. The first-order valence-electron chi connectivity index (χ1n) is 7.46. The molecule has 8 heteroatoms. The Bertz CT molecular complexity index is 885. The minimum absolute atomic E-state index is 0.0716. The van der Waals surface area contributed by atoms with Gasteiger partial charge in [-0.2, -0.15) is 0 Å². The van der Waals surface area contributed by atoms with Crippen LogP contribution in [0.5, 0.6) is 0 Å². The lowest BCUT2D eigenvalue weighted by Gasteiger charge is -2.22. The van der Waals surface area contributed by atoms with Gasteiger partial charge in [0.1, 0.15) is 0 Å². The summed E-state index contributed by atoms with van der Waals surface area (Å²) in [6.07, 6.45) is 0.919. The van der Waals surface area contributed by atoms with E-state index < -0.39 is 27.6 Å². The molecule has 0 spiro atoms. The number of anilines is 2. The molecule has 0 unspecified atom stereocenters. The van der Waals surface area contributed by atoms with E-state index in [0.29, 0.717) is 5.69 Å². The van der Waals surface area contributed by atoms with Gasteiger partial charge in [0.25, 0.3) is 0 Å². The molecule has 1 N–H and O–H groups in total. The van der Waals surface area contributed by atoms with E-state index in [1.165, 1.54) is 6.07 Å². The average molecular weight is 368 g/mol. The van der Waals surface area contributed by atoms with Crippen molar-refractivity contribution in [3.63, 3.8) is 0 Å². The van der Waals surface area contributed by atoms with Gasteiger partial charge < -0.3 is 5.32 Å². The van der Waals surface area contributed by atoms with Crippen molar-refractivity contribution < 1.29 is 22.0 Å². The molecule has 0 aliphatic rings. The van der Waals surface area contributed by atoms with Crippen molar-refractivity contribution in [2.75, 3.05) is 22.4 Å². The first-order chi connectivity index (χ1) is 11.7. The summed E-state index contributed by atoms with van der Waals surface area (Å²) >= 11 is 0. The number of carbonyl (C=O) groups excluding carboxylic acids is 1. The number of benzene rings is 2. The van der Waals surface area contributed by atoms with Gasteiger partial charge in [-0.25, -0.2) is 17.2 Å². The molecule has 0 fully saturated rings. The number of hydrogen-bond acceptors (Lipinski definition) is 3. The lowest BCUT2D eigenvalue weighted by molar-refractivity contribution is -0.116. The Balaban J connectivity index is 2.07. The van der Waals surface area contributed by atoms with Gasteiger partial charge in [-0.1, -0.05) is 12.1 Å². The molecule has 2 rings (SSSR count). The van der Waals surface area contributed by atoms with Crippen LogP contribution in [0.25, 0.3) is 0 Å². The zero-order chi connectivity index (χ0) is 18.6. The van der Waals surface area contributed by atoms with Crippen LogP contribution in [0, 0.1) is 18.6 Å². The second-order valence-electron chi connectivity index (χ2n) is 5.60. The lowest BCUT2D eigenvalue weighted by Crippen LogP contribution is -2.33. The standard InChI is InChI=1S/C17H18F2N2O3S/c1-12-4-3-5-14(10-12)21(25(2,23)24)9-8-17(22)20-13-6-7-15(18)16(19)11-13/h3-7,10-11H,8-9H2,1-2H3,(H,20,22). The summed E-state index contributed by atoms with van der Waals surface area (Å²) in [5.74, 6) is -2.59. The molecule has 25 heavy (non-hydrogen) atoms. The van der Waals surface area contributed by atoms with Crippen LogP contribution in [0.15, 0.2) is 42.5 Å². The molecular formula is C17H18F2N2O3S. The molecule has 5 nitrogen and oxygen atoms in total. The van der Waals surface area contributed by atoms with Crippen molar-refractivity contribution in [2.24, 2.45) is 0 Å². The minimum atomic E-state index is -3.57. The summed E-state index contributed by atoms with van der Waals surface area (Å²) in [7, 11) is -3.57. The second kappa shape index (κ2) is 7.60. The summed E-state index contributed by atoms with van der Waals surface area (Å²) in [6.45, 7) is 1.76. The van der Waals surface area contributed by atoms with Crippen LogP contribution in [0.4, 0.5) is 20.2 Å². The van der Waals surface area contributed by atoms with Gasteiger partial charge in [-0.3, -0.25) is 9.10 Å². The van der Waals surface area contributed by atoms with Crippen molar-refractivity contribution in [2.45, 2.75) is 13.3 Å². The molecule has 0 radical (unpaired) electrons. The van der Waals surface area contributed by atoms with E-state index in [9.17, 15) is 22.0 Å².